The van der Waals surface area contributed by atoms with Crippen molar-refractivity contribution in [3.8, 4) is 5.75 Å². The number of carbonyl (C=O) groups excluding carboxylic acids is 2. The molecule has 0 bridgehead atoms. The van der Waals surface area contributed by atoms with Gasteiger partial charge in [0.05, 0.1) is 13.2 Å². The highest BCUT2D eigenvalue weighted by atomic mass is 32.3. The normalized spacial score (nSPS) is 35.0. The zero-order chi connectivity index (χ0) is 25.8. The molecule has 1 aromatic carbocycles. The summed E-state index contributed by atoms with van der Waals surface area (Å²) in [5.41, 5.74) is 1.50. The molecule has 3 fully saturated rings. The average Bonchev–Trinajstić information content (AvgIpc) is 3.12. The van der Waals surface area contributed by atoms with Crippen molar-refractivity contribution in [2.24, 2.45) is 23.2 Å². The van der Waals surface area contributed by atoms with Crippen LogP contribution in [0.2, 0.25) is 0 Å². The number of Topliss-reactive ketones (excluding diaryl/α,β-unsaturated/α-hetero) is 1. The summed E-state index contributed by atoms with van der Waals surface area (Å²) in [6.45, 7) is 1.13. The molecule has 6 nitrogen and oxygen atoms in total. The Balaban J connectivity index is 1.37. The van der Waals surface area contributed by atoms with E-state index in [4.69, 9.17) is 9.47 Å². The SMILES string of the molecule is C[C@]12CC[C@@H]3c4ccc(OC(=O)N5CCOC(C(F)(F)F)C5)cc4C[C@@H](C[S+]([O-])F)[C@H]3[C@@H]1CCC2=O. The van der Waals surface area contributed by atoms with E-state index >= 15 is 0 Å². The zero-order valence-electron chi connectivity index (χ0n) is 19.9. The van der Waals surface area contributed by atoms with Crippen LogP contribution in [0.3, 0.4) is 0 Å². The van der Waals surface area contributed by atoms with Crippen LogP contribution >= 0.6 is 0 Å². The fraction of sp³-hybridized carbons (Fsp3) is 0.680. The van der Waals surface area contributed by atoms with Gasteiger partial charge in [-0.2, -0.15) is 13.2 Å². The van der Waals surface area contributed by atoms with E-state index in [9.17, 15) is 31.2 Å². The maximum Gasteiger partial charge on any atom is 0.416 e. The first-order chi connectivity index (χ1) is 17.0. The van der Waals surface area contributed by atoms with Crippen LogP contribution < -0.4 is 4.74 Å². The van der Waals surface area contributed by atoms with Crippen molar-refractivity contribution < 1.29 is 40.7 Å². The second-order valence-electron chi connectivity index (χ2n) is 10.7. The smallest absolute Gasteiger partial charge is 0.416 e. The number of carbonyl (C=O) groups is 2. The van der Waals surface area contributed by atoms with E-state index in [-0.39, 0.29) is 54.1 Å². The van der Waals surface area contributed by atoms with Crippen molar-refractivity contribution in [2.45, 2.75) is 57.2 Å². The number of halogens is 4. The number of ether oxygens (including phenoxy) is 2. The van der Waals surface area contributed by atoms with Gasteiger partial charge in [0.1, 0.15) is 17.3 Å². The van der Waals surface area contributed by atoms with E-state index in [0.717, 1.165) is 35.3 Å². The molecule has 1 aliphatic heterocycles. The number of rotatable bonds is 3. The van der Waals surface area contributed by atoms with Gasteiger partial charge in [0.25, 0.3) is 0 Å². The van der Waals surface area contributed by atoms with Gasteiger partial charge < -0.3 is 18.9 Å². The summed E-state index contributed by atoms with van der Waals surface area (Å²) in [6, 6.07) is 5.19. The minimum Gasteiger partial charge on any atom is -0.581 e. The van der Waals surface area contributed by atoms with Gasteiger partial charge >= 0.3 is 12.3 Å². The lowest BCUT2D eigenvalue weighted by molar-refractivity contribution is -0.234. The Morgan fingerprint density at radius 3 is 2.83 bits per heavy atom. The van der Waals surface area contributed by atoms with Crippen molar-refractivity contribution in [1.82, 2.24) is 4.90 Å². The molecule has 198 valence electrons. The molecule has 1 saturated heterocycles. The van der Waals surface area contributed by atoms with E-state index in [0.29, 0.717) is 12.8 Å². The van der Waals surface area contributed by atoms with Gasteiger partial charge in [-0.3, -0.25) is 4.79 Å². The number of benzene rings is 1. The Kier molecular flexibility index (Phi) is 6.78. The van der Waals surface area contributed by atoms with Crippen LogP contribution in [0, 0.1) is 23.2 Å². The molecule has 5 rings (SSSR count). The minimum absolute atomic E-state index is 0.0105. The lowest BCUT2D eigenvalue weighted by Gasteiger charge is -2.51. The molecule has 0 N–H and O–H groups in total. The molecule has 1 amide bonds. The van der Waals surface area contributed by atoms with E-state index in [1.165, 1.54) is 0 Å². The molecule has 2 saturated carbocycles. The predicted octanol–water partition coefficient (Wildman–Crippen LogP) is 4.73. The van der Waals surface area contributed by atoms with Crippen LogP contribution in [0.25, 0.3) is 0 Å². The van der Waals surface area contributed by atoms with E-state index in [1.807, 2.05) is 13.0 Å². The van der Waals surface area contributed by atoms with Gasteiger partial charge in [-0.05, 0) is 66.7 Å². The highest BCUT2D eigenvalue weighted by Crippen LogP contribution is 2.61. The highest BCUT2D eigenvalue weighted by molar-refractivity contribution is 7.86. The fourth-order valence-electron chi connectivity index (χ4n) is 7.11. The Morgan fingerprint density at radius 1 is 1.33 bits per heavy atom. The summed E-state index contributed by atoms with van der Waals surface area (Å²) < 4.78 is 74.6. The molecule has 1 heterocycles. The fourth-order valence-corrected chi connectivity index (χ4v) is 7.78. The van der Waals surface area contributed by atoms with Crippen LogP contribution in [0.15, 0.2) is 18.2 Å². The molecular weight excluding hydrogens is 502 g/mol. The second kappa shape index (κ2) is 9.47. The third-order valence-electron chi connectivity index (χ3n) is 8.82. The van der Waals surface area contributed by atoms with Gasteiger partial charge in [0.15, 0.2) is 17.7 Å². The van der Waals surface area contributed by atoms with E-state index < -0.39 is 41.9 Å². The van der Waals surface area contributed by atoms with Gasteiger partial charge in [0.2, 0.25) is 0 Å². The number of nitrogens with zero attached hydrogens (tertiary/aromatic N) is 1. The van der Waals surface area contributed by atoms with Gasteiger partial charge in [0, 0.05) is 28.2 Å². The van der Waals surface area contributed by atoms with E-state index in [1.54, 1.807) is 12.1 Å². The number of hydrogen-bond donors (Lipinski definition) is 0. The molecule has 4 aliphatic rings. The van der Waals surface area contributed by atoms with Crippen molar-refractivity contribution >= 4 is 23.4 Å². The first kappa shape index (κ1) is 25.8. The van der Waals surface area contributed by atoms with Gasteiger partial charge in [-0.1, -0.05) is 13.0 Å². The second-order valence-corrected chi connectivity index (χ2v) is 11.6. The summed E-state index contributed by atoms with van der Waals surface area (Å²) in [4.78, 5) is 26.2. The number of amides is 1. The standard InChI is InChI=1S/C25H29F4NO5S/c1-24-7-6-18-17-3-2-16(35-23(32)30-8-9-34-21(12-30)25(26,27)28)11-14(17)10-15(13-36(29)33)22(18)19(24)4-5-20(24)31/h2-3,11,15,18-19,21-22H,4-10,12-13H2,1H3/t15-,18+,19-,21?,22+,24-,36?/m0/s1. The molecule has 0 aromatic heterocycles. The minimum atomic E-state index is -4.58. The third kappa shape index (κ3) is 4.62. The summed E-state index contributed by atoms with van der Waals surface area (Å²) >= 11 is -2.49. The van der Waals surface area contributed by atoms with Gasteiger partial charge in [-0.15, -0.1) is 0 Å². The Hall–Kier alpha value is -1.85. The monoisotopic (exact) mass is 531 g/mol. The summed E-state index contributed by atoms with van der Waals surface area (Å²) in [5, 5.41) is 0. The van der Waals surface area contributed by atoms with Crippen LogP contribution in [0.1, 0.15) is 49.7 Å². The first-order valence-electron chi connectivity index (χ1n) is 12.3. The molecule has 7 atom stereocenters. The maximum atomic E-state index is 13.7. The van der Waals surface area contributed by atoms with Crippen LogP contribution in [-0.4, -0.2) is 59.1 Å². The predicted molar refractivity (Wildman–Crippen MR) is 122 cm³/mol. The highest BCUT2D eigenvalue weighted by Gasteiger charge is 2.57. The number of alkyl halides is 3. The third-order valence-corrected chi connectivity index (χ3v) is 9.51. The van der Waals surface area contributed by atoms with Crippen molar-refractivity contribution in [3.05, 3.63) is 29.3 Å². The Labute approximate surface area is 210 Å². The zero-order valence-corrected chi connectivity index (χ0v) is 20.7. The quantitative estimate of drug-likeness (QED) is 0.416. The number of fused-ring (bicyclic) bond motifs is 5. The molecule has 2 unspecified atom stereocenters. The number of hydrogen-bond acceptors (Lipinski definition) is 5. The van der Waals surface area contributed by atoms with Crippen LogP contribution in [-0.2, 0) is 27.5 Å². The maximum absolute atomic E-state index is 13.7. The topological polar surface area (TPSA) is 78.9 Å². The molecule has 11 heteroatoms. The first-order valence-corrected chi connectivity index (χ1v) is 13.5. The van der Waals surface area contributed by atoms with Crippen molar-refractivity contribution in [2.75, 3.05) is 25.4 Å². The van der Waals surface area contributed by atoms with Crippen LogP contribution in [0.5, 0.6) is 5.75 Å². The van der Waals surface area contributed by atoms with Crippen molar-refractivity contribution in [1.29, 1.82) is 0 Å². The summed E-state index contributed by atoms with van der Waals surface area (Å²) in [5.74, 6) is 0.371. The molecule has 0 spiro atoms. The van der Waals surface area contributed by atoms with E-state index in [2.05, 4.69) is 0 Å². The molecular formula is C25H29F4NO5S. The lowest BCUT2D eigenvalue weighted by atomic mass is 9.53. The average molecular weight is 532 g/mol. The van der Waals surface area contributed by atoms with Crippen LogP contribution in [0.4, 0.5) is 21.9 Å². The lowest BCUT2D eigenvalue weighted by Crippen LogP contribution is -2.51. The number of morpholine rings is 1. The largest absolute Gasteiger partial charge is 0.581 e. The Bertz CT molecular complexity index is 1040. The Morgan fingerprint density at radius 2 is 2.11 bits per heavy atom. The summed E-state index contributed by atoms with van der Waals surface area (Å²) in [6.07, 6.45) is -4.29. The molecule has 36 heavy (non-hydrogen) atoms. The molecule has 1 aromatic rings. The van der Waals surface area contributed by atoms with Gasteiger partial charge in [-0.25, -0.2) is 4.79 Å². The molecule has 3 aliphatic carbocycles. The number of ketones is 1. The van der Waals surface area contributed by atoms with Crippen molar-refractivity contribution in [3.63, 3.8) is 0 Å². The molecule has 0 radical (unpaired) electrons. The summed E-state index contributed by atoms with van der Waals surface area (Å²) in [7, 11) is 0.